The highest BCUT2D eigenvalue weighted by molar-refractivity contribution is 5.82. The van der Waals surface area contributed by atoms with Crippen molar-refractivity contribution in [2.75, 3.05) is 45.8 Å². The Kier molecular flexibility index (Phi) is 5.89. The molecule has 0 aliphatic carbocycles. The van der Waals surface area contributed by atoms with Gasteiger partial charge in [0.05, 0.1) is 6.04 Å². The fraction of sp³-hybridized carbons (Fsp3) is 0.882. The molecule has 3 aliphatic rings. The van der Waals surface area contributed by atoms with E-state index in [1.165, 1.54) is 12.8 Å². The summed E-state index contributed by atoms with van der Waals surface area (Å²) in [4.78, 5) is 28.2. The number of carbonyl (C=O) groups is 2. The molecule has 2 atom stereocenters. The Morgan fingerprint density at radius 1 is 1.17 bits per heavy atom. The largest absolute Gasteiger partial charge is 0.354 e. The highest BCUT2D eigenvalue weighted by Crippen LogP contribution is 2.17. The van der Waals surface area contributed by atoms with Gasteiger partial charge in [0.25, 0.3) is 0 Å². The Labute approximate surface area is 139 Å². The number of likely N-dealkylation sites (tertiary alicyclic amines) is 2. The van der Waals surface area contributed by atoms with E-state index in [2.05, 4.69) is 15.5 Å². The number of hydrogen-bond donors (Lipinski definition) is 2. The summed E-state index contributed by atoms with van der Waals surface area (Å²) in [5.41, 5.74) is 0. The van der Waals surface area contributed by atoms with Gasteiger partial charge < -0.3 is 20.4 Å². The standard InChI is InChI=1S/C17H30N4O2/c22-16-6-3-9-21(16)11-10-20-8-2-4-14(13-20)12-19-17(23)15-5-1-7-18-15/h14-15,18H,1-13H2,(H,19,23). The second-order valence-electron chi connectivity index (χ2n) is 7.19. The van der Waals surface area contributed by atoms with E-state index < -0.39 is 0 Å². The van der Waals surface area contributed by atoms with Gasteiger partial charge in [-0.15, -0.1) is 0 Å². The van der Waals surface area contributed by atoms with Gasteiger partial charge in [0.15, 0.2) is 0 Å². The Bertz CT molecular complexity index is 423. The molecule has 0 aromatic rings. The van der Waals surface area contributed by atoms with Crippen LogP contribution in [-0.2, 0) is 9.59 Å². The van der Waals surface area contributed by atoms with Crippen molar-refractivity contribution in [1.29, 1.82) is 0 Å². The molecule has 3 rings (SSSR count). The normalized spacial score (nSPS) is 29.2. The van der Waals surface area contributed by atoms with Gasteiger partial charge in [-0.2, -0.15) is 0 Å². The lowest BCUT2D eigenvalue weighted by molar-refractivity contribution is -0.128. The third kappa shape index (κ3) is 4.67. The van der Waals surface area contributed by atoms with Crippen LogP contribution in [0, 0.1) is 5.92 Å². The van der Waals surface area contributed by atoms with E-state index in [-0.39, 0.29) is 11.9 Å². The predicted molar refractivity (Wildman–Crippen MR) is 89.0 cm³/mol. The first-order chi connectivity index (χ1) is 11.2. The van der Waals surface area contributed by atoms with Crippen LogP contribution in [0.2, 0.25) is 0 Å². The van der Waals surface area contributed by atoms with Gasteiger partial charge in [-0.05, 0) is 51.1 Å². The summed E-state index contributed by atoms with van der Waals surface area (Å²) in [6, 6.07) is 0.0240. The van der Waals surface area contributed by atoms with E-state index in [1.807, 2.05) is 4.90 Å². The van der Waals surface area contributed by atoms with Crippen molar-refractivity contribution in [2.45, 2.75) is 44.6 Å². The summed E-state index contributed by atoms with van der Waals surface area (Å²) in [6.07, 6.45) is 6.19. The molecule has 0 spiro atoms. The maximum atomic E-state index is 12.1. The summed E-state index contributed by atoms with van der Waals surface area (Å²) >= 11 is 0. The van der Waals surface area contributed by atoms with Crippen molar-refractivity contribution < 1.29 is 9.59 Å². The molecule has 130 valence electrons. The van der Waals surface area contributed by atoms with Crippen LogP contribution in [0.1, 0.15) is 38.5 Å². The number of carbonyl (C=O) groups excluding carboxylic acids is 2. The molecule has 23 heavy (non-hydrogen) atoms. The minimum atomic E-state index is 0.0240. The molecule has 3 saturated heterocycles. The highest BCUT2D eigenvalue weighted by atomic mass is 16.2. The van der Waals surface area contributed by atoms with E-state index in [0.717, 1.165) is 71.5 Å². The summed E-state index contributed by atoms with van der Waals surface area (Å²) in [5.74, 6) is 1.03. The van der Waals surface area contributed by atoms with Crippen LogP contribution < -0.4 is 10.6 Å². The minimum absolute atomic E-state index is 0.0240. The van der Waals surface area contributed by atoms with Crippen molar-refractivity contribution in [2.24, 2.45) is 5.92 Å². The molecule has 0 radical (unpaired) electrons. The van der Waals surface area contributed by atoms with Crippen LogP contribution in [0.25, 0.3) is 0 Å². The Hall–Kier alpha value is -1.14. The molecule has 3 heterocycles. The Balaban J connectivity index is 1.36. The average Bonchev–Trinajstić information content (AvgIpc) is 3.23. The molecule has 3 aliphatic heterocycles. The van der Waals surface area contributed by atoms with E-state index in [0.29, 0.717) is 11.8 Å². The van der Waals surface area contributed by atoms with Crippen LogP contribution in [0.3, 0.4) is 0 Å². The van der Waals surface area contributed by atoms with Crippen LogP contribution in [0.4, 0.5) is 0 Å². The SMILES string of the molecule is O=C(NCC1CCCN(CCN2CCCC2=O)C1)C1CCCN1. The number of nitrogens with one attached hydrogen (secondary N) is 2. The number of rotatable bonds is 6. The molecule has 2 N–H and O–H groups in total. The molecule has 2 unspecified atom stereocenters. The van der Waals surface area contributed by atoms with Crippen LogP contribution in [-0.4, -0.2) is 73.5 Å². The third-order valence-corrected chi connectivity index (χ3v) is 5.40. The van der Waals surface area contributed by atoms with E-state index in [1.54, 1.807) is 0 Å². The molecule has 3 fully saturated rings. The van der Waals surface area contributed by atoms with Crippen molar-refractivity contribution in [1.82, 2.24) is 20.4 Å². The van der Waals surface area contributed by atoms with E-state index in [9.17, 15) is 9.59 Å². The van der Waals surface area contributed by atoms with E-state index in [4.69, 9.17) is 0 Å². The number of amides is 2. The summed E-state index contributed by atoms with van der Waals surface area (Å²) in [6.45, 7) is 6.68. The zero-order valence-corrected chi connectivity index (χ0v) is 14.1. The van der Waals surface area contributed by atoms with Crippen LogP contribution in [0.15, 0.2) is 0 Å². The molecule has 0 bridgehead atoms. The van der Waals surface area contributed by atoms with Gasteiger partial charge >= 0.3 is 0 Å². The quantitative estimate of drug-likeness (QED) is 0.733. The Morgan fingerprint density at radius 2 is 2.09 bits per heavy atom. The molecular formula is C17H30N4O2. The zero-order valence-electron chi connectivity index (χ0n) is 14.1. The maximum Gasteiger partial charge on any atom is 0.237 e. The molecule has 2 amide bonds. The molecule has 0 aromatic heterocycles. The molecule has 6 nitrogen and oxygen atoms in total. The van der Waals surface area contributed by atoms with Crippen molar-refractivity contribution in [3.63, 3.8) is 0 Å². The first kappa shape index (κ1) is 16.7. The fourth-order valence-corrected chi connectivity index (χ4v) is 4.00. The van der Waals surface area contributed by atoms with Crippen molar-refractivity contribution >= 4 is 11.8 Å². The molecular weight excluding hydrogens is 292 g/mol. The lowest BCUT2D eigenvalue weighted by Crippen LogP contribution is -2.46. The molecule has 0 aromatic carbocycles. The molecule has 6 heteroatoms. The van der Waals surface area contributed by atoms with Gasteiger partial charge in [0.1, 0.15) is 0 Å². The maximum absolute atomic E-state index is 12.1. The van der Waals surface area contributed by atoms with Gasteiger partial charge in [0.2, 0.25) is 11.8 Å². The van der Waals surface area contributed by atoms with Crippen LogP contribution in [0.5, 0.6) is 0 Å². The minimum Gasteiger partial charge on any atom is -0.354 e. The predicted octanol–water partition coefficient (Wildman–Crippen LogP) is 0.189. The lowest BCUT2D eigenvalue weighted by Gasteiger charge is -2.34. The van der Waals surface area contributed by atoms with Crippen LogP contribution >= 0.6 is 0 Å². The summed E-state index contributed by atoms with van der Waals surface area (Å²) in [5, 5.41) is 6.38. The molecule has 0 saturated carbocycles. The van der Waals surface area contributed by atoms with Gasteiger partial charge in [-0.3, -0.25) is 9.59 Å². The topological polar surface area (TPSA) is 64.7 Å². The lowest BCUT2D eigenvalue weighted by atomic mass is 9.98. The van der Waals surface area contributed by atoms with Gasteiger partial charge in [0, 0.05) is 39.1 Å². The highest BCUT2D eigenvalue weighted by Gasteiger charge is 2.25. The number of hydrogen-bond acceptors (Lipinski definition) is 4. The van der Waals surface area contributed by atoms with Crippen molar-refractivity contribution in [3.05, 3.63) is 0 Å². The smallest absolute Gasteiger partial charge is 0.237 e. The number of nitrogens with zero attached hydrogens (tertiary/aromatic N) is 2. The van der Waals surface area contributed by atoms with Gasteiger partial charge in [-0.1, -0.05) is 0 Å². The zero-order chi connectivity index (χ0) is 16.1. The summed E-state index contributed by atoms with van der Waals surface area (Å²) < 4.78 is 0. The first-order valence-corrected chi connectivity index (χ1v) is 9.23. The van der Waals surface area contributed by atoms with Crippen molar-refractivity contribution in [3.8, 4) is 0 Å². The first-order valence-electron chi connectivity index (χ1n) is 9.23. The third-order valence-electron chi connectivity index (χ3n) is 5.40. The summed E-state index contributed by atoms with van der Waals surface area (Å²) in [7, 11) is 0. The van der Waals surface area contributed by atoms with E-state index >= 15 is 0 Å². The Morgan fingerprint density at radius 3 is 2.83 bits per heavy atom. The average molecular weight is 322 g/mol. The second kappa shape index (κ2) is 8.11. The fourth-order valence-electron chi connectivity index (χ4n) is 4.00. The second-order valence-corrected chi connectivity index (χ2v) is 7.19. The monoisotopic (exact) mass is 322 g/mol. The number of piperidine rings is 1. The van der Waals surface area contributed by atoms with Gasteiger partial charge in [-0.25, -0.2) is 0 Å².